The van der Waals surface area contributed by atoms with Crippen LogP contribution in [0.4, 0.5) is 0 Å². The lowest BCUT2D eigenvalue weighted by Crippen LogP contribution is -1.90. The lowest BCUT2D eigenvalue weighted by atomic mass is 10.1. The van der Waals surface area contributed by atoms with Crippen molar-refractivity contribution in [3.63, 3.8) is 0 Å². The van der Waals surface area contributed by atoms with Crippen LogP contribution in [-0.2, 0) is 11.3 Å². The van der Waals surface area contributed by atoms with Gasteiger partial charge in [-0.15, -0.1) is 0 Å². The largest absolute Gasteiger partial charge is 0.377 e. The van der Waals surface area contributed by atoms with Gasteiger partial charge < -0.3 is 4.74 Å². The van der Waals surface area contributed by atoms with E-state index in [0.29, 0.717) is 0 Å². The standard InChI is InChI=1S/C10H11O/c1-2-5-10-8-11-7-3-6-9(10)4-1/h1-2,4-6H,3,7-8H2. The van der Waals surface area contributed by atoms with E-state index in [1.165, 1.54) is 11.1 Å². The summed E-state index contributed by atoms with van der Waals surface area (Å²) in [7, 11) is 0. The first kappa shape index (κ1) is 6.86. The molecule has 1 heterocycles. The fourth-order valence-corrected chi connectivity index (χ4v) is 1.34. The Kier molecular flexibility index (Phi) is 1.91. The molecule has 1 radical (unpaired) electrons. The average Bonchev–Trinajstić information content (AvgIpc) is 2.28. The van der Waals surface area contributed by atoms with Gasteiger partial charge in [-0.2, -0.15) is 0 Å². The maximum Gasteiger partial charge on any atom is 0.0719 e. The quantitative estimate of drug-likeness (QED) is 0.546. The van der Waals surface area contributed by atoms with Crippen molar-refractivity contribution in [3.05, 3.63) is 41.8 Å². The first-order chi connectivity index (χ1) is 5.47. The number of benzene rings is 1. The molecule has 0 aliphatic carbocycles. The number of hydrogen-bond acceptors (Lipinski definition) is 1. The summed E-state index contributed by atoms with van der Waals surface area (Å²) in [6.07, 6.45) is 3.28. The number of fused-ring (bicyclic) bond motifs is 1. The van der Waals surface area contributed by atoms with E-state index in [-0.39, 0.29) is 0 Å². The van der Waals surface area contributed by atoms with Crippen molar-refractivity contribution >= 4 is 0 Å². The lowest BCUT2D eigenvalue weighted by molar-refractivity contribution is 0.128. The Balaban J connectivity index is 2.33. The van der Waals surface area contributed by atoms with E-state index in [1.54, 1.807) is 0 Å². The summed E-state index contributed by atoms with van der Waals surface area (Å²) in [5.41, 5.74) is 2.65. The molecule has 0 saturated carbocycles. The van der Waals surface area contributed by atoms with Crippen molar-refractivity contribution in [1.29, 1.82) is 0 Å². The first-order valence-corrected chi connectivity index (χ1v) is 3.96. The van der Waals surface area contributed by atoms with Crippen LogP contribution in [0.5, 0.6) is 0 Å². The molecule has 0 N–H and O–H groups in total. The van der Waals surface area contributed by atoms with Gasteiger partial charge in [-0.1, -0.05) is 24.3 Å². The zero-order valence-corrected chi connectivity index (χ0v) is 6.42. The van der Waals surface area contributed by atoms with Gasteiger partial charge in [0.2, 0.25) is 0 Å². The topological polar surface area (TPSA) is 9.23 Å². The molecule has 0 unspecified atom stereocenters. The molecular formula is C10H11O. The smallest absolute Gasteiger partial charge is 0.0719 e. The first-order valence-electron chi connectivity index (χ1n) is 3.96. The van der Waals surface area contributed by atoms with Gasteiger partial charge >= 0.3 is 0 Å². The highest BCUT2D eigenvalue weighted by Crippen LogP contribution is 2.17. The Morgan fingerprint density at radius 2 is 2.09 bits per heavy atom. The monoisotopic (exact) mass is 147 g/mol. The molecule has 2 rings (SSSR count). The van der Waals surface area contributed by atoms with E-state index in [4.69, 9.17) is 4.74 Å². The van der Waals surface area contributed by atoms with E-state index >= 15 is 0 Å². The minimum Gasteiger partial charge on any atom is -0.377 e. The normalized spacial score (nSPS) is 17.1. The van der Waals surface area contributed by atoms with Crippen LogP contribution < -0.4 is 0 Å². The summed E-state index contributed by atoms with van der Waals surface area (Å²) in [4.78, 5) is 0. The molecule has 0 amide bonds. The van der Waals surface area contributed by atoms with Crippen molar-refractivity contribution in [2.75, 3.05) is 6.61 Å². The van der Waals surface area contributed by atoms with E-state index in [0.717, 1.165) is 19.6 Å². The van der Waals surface area contributed by atoms with Crippen LogP contribution in [0.2, 0.25) is 0 Å². The van der Waals surface area contributed by atoms with E-state index < -0.39 is 0 Å². The second-order valence-corrected chi connectivity index (χ2v) is 2.74. The minimum atomic E-state index is 0.771. The van der Waals surface area contributed by atoms with Gasteiger partial charge in [-0.25, -0.2) is 0 Å². The number of rotatable bonds is 0. The summed E-state index contributed by atoms with van der Waals surface area (Å²) in [5.74, 6) is 0. The molecule has 0 aromatic heterocycles. The van der Waals surface area contributed by atoms with Crippen LogP contribution in [0.3, 0.4) is 0 Å². The zero-order chi connectivity index (χ0) is 7.52. The van der Waals surface area contributed by atoms with Crippen molar-refractivity contribution in [1.82, 2.24) is 0 Å². The number of ether oxygens (including phenoxy) is 1. The van der Waals surface area contributed by atoms with Crippen molar-refractivity contribution in [2.24, 2.45) is 0 Å². The van der Waals surface area contributed by atoms with E-state index in [9.17, 15) is 0 Å². The highest BCUT2D eigenvalue weighted by atomic mass is 16.5. The molecule has 1 aliphatic heterocycles. The van der Waals surface area contributed by atoms with Crippen LogP contribution in [-0.4, -0.2) is 6.61 Å². The van der Waals surface area contributed by atoms with Crippen molar-refractivity contribution < 1.29 is 4.74 Å². The highest BCUT2D eigenvalue weighted by molar-refractivity contribution is 5.32. The summed E-state index contributed by atoms with van der Waals surface area (Å²) in [5, 5.41) is 0. The summed E-state index contributed by atoms with van der Waals surface area (Å²) in [6, 6.07) is 8.39. The van der Waals surface area contributed by atoms with Gasteiger partial charge in [0.1, 0.15) is 0 Å². The summed E-state index contributed by atoms with van der Waals surface area (Å²) < 4.78 is 5.39. The van der Waals surface area contributed by atoms with Crippen molar-refractivity contribution in [2.45, 2.75) is 13.0 Å². The molecule has 1 nitrogen and oxygen atoms in total. The Morgan fingerprint density at radius 1 is 1.18 bits per heavy atom. The molecule has 11 heavy (non-hydrogen) atoms. The molecule has 0 bridgehead atoms. The van der Waals surface area contributed by atoms with Gasteiger partial charge in [-0.05, 0) is 24.0 Å². The molecule has 0 saturated heterocycles. The van der Waals surface area contributed by atoms with Gasteiger partial charge in [0.25, 0.3) is 0 Å². The summed E-state index contributed by atoms with van der Waals surface area (Å²) in [6.45, 7) is 1.63. The maximum atomic E-state index is 5.39. The van der Waals surface area contributed by atoms with Crippen molar-refractivity contribution in [3.8, 4) is 0 Å². The third kappa shape index (κ3) is 1.43. The second-order valence-electron chi connectivity index (χ2n) is 2.74. The minimum absolute atomic E-state index is 0.771. The third-order valence-electron chi connectivity index (χ3n) is 1.94. The van der Waals surface area contributed by atoms with Crippen LogP contribution in [0.25, 0.3) is 0 Å². The lowest BCUT2D eigenvalue weighted by Gasteiger charge is -2.01. The molecule has 1 heteroatoms. The highest BCUT2D eigenvalue weighted by Gasteiger charge is 2.05. The van der Waals surface area contributed by atoms with Gasteiger partial charge in [0.15, 0.2) is 0 Å². The van der Waals surface area contributed by atoms with E-state index in [1.807, 2.05) is 0 Å². The molecule has 1 aromatic carbocycles. The SMILES string of the molecule is [CH]1CCOCc2ccccc21. The summed E-state index contributed by atoms with van der Waals surface area (Å²) >= 11 is 0. The molecule has 0 fully saturated rings. The number of hydrogen-bond donors (Lipinski definition) is 0. The molecule has 1 aliphatic rings. The Labute approximate surface area is 67.0 Å². The predicted molar refractivity (Wildman–Crippen MR) is 44.1 cm³/mol. The average molecular weight is 147 g/mol. The third-order valence-corrected chi connectivity index (χ3v) is 1.94. The van der Waals surface area contributed by atoms with Gasteiger partial charge in [-0.3, -0.25) is 0 Å². The van der Waals surface area contributed by atoms with Crippen LogP contribution >= 0.6 is 0 Å². The van der Waals surface area contributed by atoms with Crippen LogP contribution in [0.1, 0.15) is 17.5 Å². The zero-order valence-electron chi connectivity index (χ0n) is 6.42. The molecular weight excluding hydrogens is 136 g/mol. The predicted octanol–water partition coefficient (Wildman–Crippen LogP) is 2.16. The fourth-order valence-electron chi connectivity index (χ4n) is 1.34. The Hall–Kier alpha value is -0.820. The Morgan fingerprint density at radius 3 is 3.09 bits per heavy atom. The molecule has 1 aromatic rings. The molecule has 0 atom stereocenters. The van der Waals surface area contributed by atoms with Crippen LogP contribution in [0.15, 0.2) is 24.3 Å². The molecule has 0 spiro atoms. The fraction of sp³-hybridized carbons (Fsp3) is 0.300. The second kappa shape index (κ2) is 3.05. The van der Waals surface area contributed by atoms with Crippen LogP contribution in [0, 0.1) is 6.42 Å². The maximum absolute atomic E-state index is 5.39. The van der Waals surface area contributed by atoms with Gasteiger partial charge in [0, 0.05) is 6.61 Å². The Bertz CT molecular complexity index is 217. The molecule has 57 valence electrons. The van der Waals surface area contributed by atoms with Gasteiger partial charge in [0.05, 0.1) is 6.61 Å². The van der Waals surface area contributed by atoms with E-state index in [2.05, 4.69) is 30.7 Å².